The van der Waals surface area contributed by atoms with Crippen molar-refractivity contribution in [1.82, 2.24) is 9.97 Å². The fourth-order valence-electron chi connectivity index (χ4n) is 2.25. The minimum Gasteiger partial charge on any atom is -0.294 e. The number of benzene rings is 1. The van der Waals surface area contributed by atoms with Crippen molar-refractivity contribution in [2.45, 2.75) is 20.3 Å². The Morgan fingerprint density at radius 2 is 1.95 bits per heavy atom. The molecule has 2 aromatic heterocycles. The number of fused-ring (bicyclic) bond motifs is 1. The lowest BCUT2D eigenvalue weighted by atomic mass is 10.0. The maximum Gasteiger partial charge on any atom is 0.170 e. The molecular formula is C16H14N2OS. The number of carbonyl (C=O) groups is 1. The quantitative estimate of drug-likeness (QED) is 0.687. The molecule has 0 amide bonds. The molecule has 0 unspecified atom stereocenters. The van der Waals surface area contributed by atoms with Gasteiger partial charge in [0.15, 0.2) is 5.78 Å². The van der Waals surface area contributed by atoms with Gasteiger partial charge in [0.25, 0.3) is 0 Å². The first-order valence-corrected chi connectivity index (χ1v) is 7.32. The van der Waals surface area contributed by atoms with E-state index < -0.39 is 0 Å². The molecule has 2 heterocycles. The van der Waals surface area contributed by atoms with E-state index in [1.54, 1.807) is 0 Å². The van der Waals surface area contributed by atoms with Gasteiger partial charge in [-0.3, -0.25) is 9.78 Å². The first-order chi connectivity index (χ1) is 9.63. The third-order valence-electron chi connectivity index (χ3n) is 3.12. The number of ketones is 1. The van der Waals surface area contributed by atoms with Crippen molar-refractivity contribution in [3.05, 3.63) is 57.7 Å². The SMILES string of the molecule is Cc1csc(CC(=O)c2cc(C)nc3ccccc23)n1. The lowest BCUT2D eigenvalue weighted by Crippen LogP contribution is -2.05. The Morgan fingerprint density at radius 3 is 2.70 bits per heavy atom. The summed E-state index contributed by atoms with van der Waals surface area (Å²) in [6, 6.07) is 9.62. The number of pyridine rings is 1. The lowest BCUT2D eigenvalue weighted by Gasteiger charge is -2.06. The van der Waals surface area contributed by atoms with Gasteiger partial charge in [0.05, 0.1) is 11.9 Å². The number of aryl methyl sites for hydroxylation is 2. The highest BCUT2D eigenvalue weighted by atomic mass is 32.1. The summed E-state index contributed by atoms with van der Waals surface area (Å²) in [6.07, 6.45) is 0.353. The molecule has 0 bridgehead atoms. The Morgan fingerprint density at radius 1 is 1.15 bits per heavy atom. The summed E-state index contributed by atoms with van der Waals surface area (Å²) in [7, 11) is 0. The van der Waals surface area contributed by atoms with E-state index in [1.165, 1.54) is 11.3 Å². The number of para-hydroxylation sites is 1. The highest BCUT2D eigenvalue weighted by Gasteiger charge is 2.14. The number of carbonyl (C=O) groups excluding carboxylic acids is 1. The fraction of sp³-hybridized carbons (Fsp3) is 0.188. The summed E-state index contributed by atoms with van der Waals surface area (Å²) in [5.41, 5.74) is 3.43. The van der Waals surface area contributed by atoms with Crippen LogP contribution < -0.4 is 0 Å². The monoisotopic (exact) mass is 282 g/mol. The normalized spacial score (nSPS) is 10.9. The zero-order valence-corrected chi connectivity index (χ0v) is 12.2. The summed E-state index contributed by atoms with van der Waals surface area (Å²) in [6.45, 7) is 3.85. The Balaban J connectivity index is 2.02. The van der Waals surface area contributed by atoms with Gasteiger partial charge in [-0.1, -0.05) is 18.2 Å². The molecule has 0 spiro atoms. The van der Waals surface area contributed by atoms with Crippen LogP contribution in [-0.2, 0) is 6.42 Å². The van der Waals surface area contributed by atoms with Crippen LogP contribution in [-0.4, -0.2) is 15.8 Å². The predicted molar refractivity (Wildman–Crippen MR) is 81.4 cm³/mol. The van der Waals surface area contributed by atoms with E-state index >= 15 is 0 Å². The van der Waals surface area contributed by atoms with Gasteiger partial charge in [0.2, 0.25) is 0 Å². The van der Waals surface area contributed by atoms with Gasteiger partial charge in [-0.25, -0.2) is 4.98 Å². The van der Waals surface area contributed by atoms with Crippen molar-refractivity contribution < 1.29 is 4.79 Å². The largest absolute Gasteiger partial charge is 0.294 e. The van der Waals surface area contributed by atoms with Crippen LogP contribution in [0.1, 0.15) is 26.8 Å². The van der Waals surface area contributed by atoms with Gasteiger partial charge in [-0.05, 0) is 26.0 Å². The lowest BCUT2D eigenvalue weighted by molar-refractivity contribution is 0.0994. The van der Waals surface area contributed by atoms with Gasteiger partial charge < -0.3 is 0 Å². The van der Waals surface area contributed by atoms with E-state index in [0.717, 1.165) is 32.9 Å². The smallest absolute Gasteiger partial charge is 0.170 e. The maximum absolute atomic E-state index is 12.5. The molecule has 3 rings (SSSR count). The second kappa shape index (κ2) is 5.13. The van der Waals surface area contributed by atoms with Gasteiger partial charge >= 0.3 is 0 Å². The molecule has 0 atom stereocenters. The predicted octanol–water partition coefficient (Wildman–Crippen LogP) is 3.73. The molecule has 0 aliphatic heterocycles. The Kier molecular flexibility index (Phi) is 3.32. The number of nitrogens with zero attached hydrogens (tertiary/aromatic N) is 2. The van der Waals surface area contributed by atoms with Crippen LogP contribution in [0.2, 0.25) is 0 Å². The summed E-state index contributed by atoms with van der Waals surface area (Å²) >= 11 is 1.53. The van der Waals surface area contributed by atoms with Crippen LogP contribution >= 0.6 is 11.3 Å². The van der Waals surface area contributed by atoms with Gasteiger partial charge in [-0.2, -0.15) is 0 Å². The molecule has 20 heavy (non-hydrogen) atoms. The zero-order chi connectivity index (χ0) is 14.1. The van der Waals surface area contributed by atoms with E-state index in [-0.39, 0.29) is 5.78 Å². The van der Waals surface area contributed by atoms with E-state index in [0.29, 0.717) is 6.42 Å². The molecule has 0 aliphatic rings. The first-order valence-electron chi connectivity index (χ1n) is 6.44. The number of hydrogen-bond donors (Lipinski definition) is 0. The number of thiazole rings is 1. The highest BCUT2D eigenvalue weighted by Crippen LogP contribution is 2.21. The van der Waals surface area contributed by atoms with Crippen molar-refractivity contribution in [3.8, 4) is 0 Å². The summed E-state index contributed by atoms with van der Waals surface area (Å²) in [5, 5.41) is 3.75. The van der Waals surface area contributed by atoms with Crippen molar-refractivity contribution >= 4 is 28.0 Å². The number of rotatable bonds is 3. The molecule has 4 heteroatoms. The van der Waals surface area contributed by atoms with Crippen LogP contribution in [0.25, 0.3) is 10.9 Å². The Bertz CT molecular complexity index is 792. The maximum atomic E-state index is 12.5. The third-order valence-corrected chi connectivity index (χ3v) is 4.09. The minimum absolute atomic E-state index is 0.0982. The summed E-state index contributed by atoms with van der Waals surface area (Å²) in [4.78, 5) is 21.4. The molecular weight excluding hydrogens is 268 g/mol. The number of Topliss-reactive ketones (excluding diaryl/α,β-unsaturated/α-hetero) is 1. The van der Waals surface area contributed by atoms with Crippen LogP contribution in [0.4, 0.5) is 0 Å². The van der Waals surface area contributed by atoms with E-state index in [1.807, 2.05) is 49.6 Å². The fourth-order valence-corrected chi connectivity index (χ4v) is 3.03. The van der Waals surface area contributed by atoms with Gasteiger partial charge in [0.1, 0.15) is 5.01 Å². The van der Waals surface area contributed by atoms with Crippen LogP contribution in [0.5, 0.6) is 0 Å². The molecule has 0 aliphatic carbocycles. The molecule has 3 nitrogen and oxygen atoms in total. The molecule has 0 saturated carbocycles. The molecule has 1 aromatic carbocycles. The molecule has 0 fully saturated rings. The van der Waals surface area contributed by atoms with Gasteiger partial charge in [-0.15, -0.1) is 11.3 Å². The standard InChI is InChI=1S/C16H14N2OS/c1-10-7-13(12-5-3-4-6-14(12)17-10)15(19)8-16-18-11(2)9-20-16/h3-7,9H,8H2,1-2H3. The first kappa shape index (κ1) is 12.9. The molecule has 100 valence electrons. The van der Waals surface area contributed by atoms with E-state index in [2.05, 4.69) is 9.97 Å². The second-order valence-electron chi connectivity index (χ2n) is 4.81. The summed E-state index contributed by atoms with van der Waals surface area (Å²) in [5.74, 6) is 0.0982. The highest BCUT2D eigenvalue weighted by molar-refractivity contribution is 7.09. The summed E-state index contributed by atoms with van der Waals surface area (Å²) < 4.78 is 0. The van der Waals surface area contributed by atoms with Crippen LogP contribution in [0.15, 0.2) is 35.7 Å². The molecule has 3 aromatic rings. The average molecular weight is 282 g/mol. The van der Waals surface area contributed by atoms with E-state index in [4.69, 9.17) is 0 Å². The van der Waals surface area contributed by atoms with Crippen LogP contribution in [0, 0.1) is 13.8 Å². The third kappa shape index (κ3) is 2.47. The van der Waals surface area contributed by atoms with Crippen LogP contribution in [0.3, 0.4) is 0 Å². The van der Waals surface area contributed by atoms with Crippen molar-refractivity contribution in [1.29, 1.82) is 0 Å². The topological polar surface area (TPSA) is 42.9 Å². The average Bonchev–Trinajstić information content (AvgIpc) is 2.83. The van der Waals surface area contributed by atoms with Crippen molar-refractivity contribution in [2.75, 3.05) is 0 Å². The Labute approximate surface area is 121 Å². The molecule has 0 saturated heterocycles. The van der Waals surface area contributed by atoms with Gasteiger partial charge in [0, 0.05) is 27.7 Å². The zero-order valence-electron chi connectivity index (χ0n) is 11.4. The molecule has 0 radical (unpaired) electrons. The Hall–Kier alpha value is -2.07. The number of hydrogen-bond acceptors (Lipinski definition) is 4. The van der Waals surface area contributed by atoms with Crippen molar-refractivity contribution in [2.24, 2.45) is 0 Å². The number of aromatic nitrogens is 2. The van der Waals surface area contributed by atoms with E-state index in [9.17, 15) is 4.79 Å². The van der Waals surface area contributed by atoms with Crippen molar-refractivity contribution in [3.63, 3.8) is 0 Å². The second-order valence-corrected chi connectivity index (χ2v) is 5.75. The molecule has 0 N–H and O–H groups in total. The minimum atomic E-state index is 0.0982.